The Balaban J connectivity index is 2.06. The Hall–Kier alpha value is -0.0800. The molecule has 1 atom stereocenters. The van der Waals surface area contributed by atoms with Crippen molar-refractivity contribution in [1.82, 2.24) is 10.2 Å². The topological polar surface area (TPSA) is 49.4 Å². The number of hydrogen-bond donors (Lipinski definition) is 1. The largest absolute Gasteiger partial charge is 0.315 e. The summed E-state index contributed by atoms with van der Waals surface area (Å²) in [6.07, 6.45) is 1.34. The molecule has 19 heavy (non-hydrogen) atoms. The molecule has 0 amide bonds. The lowest BCUT2D eigenvalue weighted by atomic mass is 10.4. The maximum absolute atomic E-state index is 11.8. The fourth-order valence-corrected chi connectivity index (χ4v) is 6.16. The van der Waals surface area contributed by atoms with Gasteiger partial charge in [0.15, 0.2) is 9.84 Å². The lowest BCUT2D eigenvalue weighted by Crippen LogP contribution is -2.46. The van der Waals surface area contributed by atoms with Crippen LogP contribution in [0.15, 0.2) is 12.1 Å². The molecule has 0 aliphatic carbocycles. The fourth-order valence-electron chi connectivity index (χ4n) is 2.17. The summed E-state index contributed by atoms with van der Waals surface area (Å²) in [5.74, 6) is 1.70. The molecule has 1 unspecified atom stereocenters. The van der Waals surface area contributed by atoms with E-state index < -0.39 is 9.84 Å². The van der Waals surface area contributed by atoms with Crippen molar-refractivity contribution >= 4 is 32.9 Å². The highest BCUT2D eigenvalue weighted by Crippen LogP contribution is 2.25. The Morgan fingerprint density at radius 2 is 2.16 bits per heavy atom. The van der Waals surface area contributed by atoms with Gasteiger partial charge in [0.25, 0.3) is 0 Å². The van der Waals surface area contributed by atoms with Crippen molar-refractivity contribution in [3.63, 3.8) is 0 Å². The lowest BCUT2D eigenvalue weighted by Gasteiger charge is -2.33. The summed E-state index contributed by atoms with van der Waals surface area (Å²) >= 11 is 3.49. The molecule has 108 valence electrons. The third-order valence-corrected chi connectivity index (χ3v) is 6.87. The number of hydrogen-bond acceptors (Lipinski definition) is 6. The summed E-state index contributed by atoms with van der Waals surface area (Å²) in [5.41, 5.74) is 0. The van der Waals surface area contributed by atoms with Crippen LogP contribution in [0.4, 0.5) is 0 Å². The number of sulfone groups is 1. The zero-order valence-corrected chi connectivity index (χ0v) is 13.7. The van der Waals surface area contributed by atoms with Crippen LogP contribution < -0.4 is 5.32 Å². The number of rotatable bonds is 5. The van der Waals surface area contributed by atoms with Crippen LogP contribution in [0.3, 0.4) is 0 Å². The predicted octanol–water partition coefficient (Wildman–Crippen LogP) is 1.39. The third-order valence-electron chi connectivity index (χ3n) is 3.11. The minimum absolute atomic E-state index is 0.332. The molecular weight excluding hydrogens is 300 g/mol. The summed E-state index contributed by atoms with van der Waals surface area (Å²) < 4.78 is 23.7. The summed E-state index contributed by atoms with van der Waals surface area (Å²) in [4.78, 5) is 4.63. The lowest BCUT2D eigenvalue weighted by molar-refractivity contribution is 0.264. The molecule has 1 saturated heterocycles. The van der Waals surface area contributed by atoms with Gasteiger partial charge in [-0.25, -0.2) is 8.42 Å². The first kappa shape index (κ1) is 15.3. The highest BCUT2D eigenvalue weighted by atomic mass is 32.2. The predicted molar refractivity (Wildman–Crippen MR) is 83.4 cm³/mol. The van der Waals surface area contributed by atoms with E-state index in [1.807, 2.05) is 7.05 Å². The molecule has 4 nitrogen and oxygen atoms in total. The van der Waals surface area contributed by atoms with Gasteiger partial charge in [-0.15, -0.1) is 11.3 Å². The molecule has 0 saturated carbocycles. The maximum Gasteiger partial charge on any atom is 0.164 e. The number of nitrogens with one attached hydrogen (secondary N) is 1. The van der Waals surface area contributed by atoms with Gasteiger partial charge in [-0.05, 0) is 19.2 Å². The molecule has 7 heteroatoms. The van der Waals surface area contributed by atoms with Crippen LogP contribution in [0, 0.1) is 0 Å². The van der Waals surface area contributed by atoms with Crippen molar-refractivity contribution < 1.29 is 8.42 Å². The van der Waals surface area contributed by atoms with Crippen LogP contribution in [-0.2, 0) is 22.9 Å². The van der Waals surface area contributed by atoms with Gasteiger partial charge in [-0.3, -0.25) is 4.90 Å². The van der Waals surface area contributed by atoms with Gasteiger partial charge < -0.3 is 5.32 Å². The van der Waals surface area contributed by atoms with Crippen LogP contribution >= 0.6 is 23.1 Å². The molecule has 1 fully saturated rings. The first-order valence-corrected chi connectivity index (χ1v) is 10.2. The van der Waals surface area contributed by atoms with E-state index in [9.17, 15) is 8.42 Å². The molecule has 0 bridgehead atoms. The summed E-state index contributed by atoms with van der Waals surface area (Å²) in [6.45, 7) is 2.46. The smallest absolute Gasteiger partial charge is 0.164 e. The second-order valence-electron chi connectivity index (χ2n) is 4.73. The third kappa shape index (κ3) is 4.19. The molecule has 0 spiro atoms. The zero-order chi connectivity index (χ0) is 13.9. The van der Waals surface area contributed by atoms with Crippen molar-refractivity contribution in [2.45, 2.75) is 18.5 Å². The Kier molecular flexibility index (Phi) is 5.30. The first-order valence-electron chi connectivity index (χ1n) is 6.23. The van der Waals surface area contributed by atoms with Crippen LogP contribution in [0.25, 0.3) is 0 Å². The maximum atomic E-state index is 11.8. The summed E-state index contributed by atoms with van der Waals surface area (Å²) in [7, 11) is -1.07. The van der Waals surface area contributed by atoms with Crippen molar-refractivity contribution in [3.05, 3.63) is 21.9 Å². The Morgan fingerprint density at radius 1 is 1.42 bits per heavy atom. The van der Waals surface area contributed by atoms with Gasteiger partial charge in [-0.1, -0.05) is 0 Å². The van der Waals surface area contributed by atoms with Gasteiger partial charge >= 0.3 is 0 Å². The SMILES string of the molecule is CNCc1ccc(CN2CCSCC2S(C)(=O)=O)s1. The van der Waals surface area contributed by atoms with Gasteiger partial charge in [0.2, 0.25) is 0 Å². The van der Waals surface area contributed by atoms with Gasteiger partial charge in [-0.2, -0.15) is 11.8 Å². The van der Waals surface area contributed by atoms with E-state index in [1.54, 1.807) is 23.1 Å². The van der Waals surface area contributed by atoms with E-state index in [1.165, 1.54) is 16.0 Å². The highest BCUT2D eigenvalue weighted by Gasteiger charge is 2.30. The van der Waals surface area contributed by atoms with E-state index >= 15 is 0 Å². The Morgan fingerprint density at radius 3 is 2.84 bits per heavy atom. The minimum atomic E-state index is -3.00. The standard InChI is InChI=1S/C12H20N2O2S3/c1-13-7-10-3-4-11(18-10)8-14-5-6-17-9-12(14)19(2,15)16/h3-4,12-13H,5-9H2,1-2H3. The molecule has 1 aliphatic heterocycles. The molecule has 0 radical (unpaired) electrons. The highest BCUT2D eigenvalue weighted by molar-refractivity contribution is 8.00. The van der Waals surface area contributed by atoms with E-state index in [0.717, 1.165) is 25.4 Å². The molecule has 1 aromatic rings. The molecule has 1 aliphatic rings. The van der Waals surface area contributed by atoms with Gasteiger partial charge in [0, 0.05) is 47.2 Å². The van der Waals surface area contributed by atoms with E-state index in [-0.39, 0.29) is 5.37 Å². The fraction of sp³-hybridized carbons (Fsp3) is 0.667. The summed E-state index contributed by atoms with van der Waals surface area (Å²) in [5, 5.41) is 2.80. The van der Waals surface area contributed by atoms with Crippen LogP contribution in [0.5, 0.6) is 0 Å². The Bertz CT molecular complexity index is 513. The summed E-state index contributed by atoms with van der Waals surface area (Å²) in [6, 6.07) is 4.23. The van der Waals surface area contributed by atoms with Crippen molar-refractivity contribution in [2.75, 3.05) is 31.4 Å². The second kappa shape index (κ2) is 6.58. The molecule has 2 rings (SSSR count). The van der Waals surface area contributed by atoms with Crippen LogP contribution in [-0.4, -0.2) is 50.0 Å². The second-order valence-corrected chi connectivity index (χ2v) is 9.33. The average molecular weight is 321 g/mol. The van der Waals surface area contributed by atoms with E-state index in [0.29, 0.717) is 5.75 Å². The van der Waals surface area contributed by atoms with Gasteiger partial charge in [0.1, 0.15) is 5.37 Å². The molecule has 1 N–H and O–H groups in total. The molecule has 0 aromatic carbocycles. The van der Waals surface area contributed by atoms with Crippen LogP contribution in [0.1, 0.15) is 9.75 Å². The number of thioether (sulfide) groups is 1. The number of nitrogens with zero attached hydrogens (tertiary/aromatic N) is 1. The minimum Gasteiger partial charge on any atom is -0.315 e. The number of thiophene rings is 1. The first-order chi connectivity index (χ1) is 9.00. The monoisotopic (exact) mass is 320 g/mol. The quantitative estimate of drug-likeness (QED) is 0.888. The normalized spacial score (nSPS) is 21.7. The van der Waals surface area contributed by atoms with Crippen molar-refractivity contribution in [3.8, 4) is 0 Å². The Labute approximate surface area is 123 Å². The van der Waals surface area contributed by atoms with Crippen molar-refractivity contribution in [2.24, 2.45) is 0 Å². The molecular formula is C12H20N2O2S3. The van der Waals surface area contributed by atoms with Gasteiger partial charge in [0.05, 0.1) is 0 Å². The average Bonchev–Trinajstić information content (AvgIpc) is 2.76. The molecule has 1 aromatic heterocycles. The van der Waals surface area contributed by atoms with Crippen molar-refractivity contribution in [1.29, 1.82) is 0 Å². The van der Waals surface area contributed by atoms with E-state index in [4.69, 9.17) is 0 Å². The zero-order valence-electron chi connectivity index (χ0n) is 11.3. The molecule has 2 heterocycles. The van der Waals surface area contributed by atoms with E-state index in [2.05, 4.69) is 22.3 Å². The van der Waals surface area contributed by atoms with Crippen LogP contribution in [0.2, 0.25) is 0 Å².